The summed E-state index contributed by atoms with van der Waals surface area (Å²) >= 11 is 0. The molecule has 132 valence electrons. The van der Waals surface area contributed by atoms with Crippen molar-refractivity contribution < 1.29 is 4.79 Å². The van der Waals surface area contributed by atoms with Gasteiger partial charge in [-0.15, -0.1) is 0 Å². The number of carbonyl (C=O) groups excluding carboxylic acids is 1. The zero-order valence-electron chi connectivity index (χ0n) is 14.9. The standard InChI is InChI=1S/C21H27N3O/c1-2-6-21(25)23-19-9-10-20(22-16-19)24-13-11-18(12-14-24)15-17-7-4-3-5-8-17/h3-5,7-10,16,18H,2,6,11-15H2,1H3,(H,23,25). The van der Waals surface area contributed by atoms with Crippen LogP contribution in [-0.2, 0) is 11.2 Å². The first-order chi connectivity index (χ1) is 12.2. The number of pyridine rings is 1. The van der Waals surface area contributed by atoms with E-state index in [1.807, 2.05) is 19.1 Å². The maximum Gasteiger partial charge on any atom is 0.224 e. The molecule has 1 aromatic heterocycles. The highest BCUT2D eigenvalue weighted by Gasteiger charge is 2.20. The van der Waals surface area contributed by atoms with Crippen LogP contribution in [0.4, 0.5) is 11.5 Å². The number of rotatable bonds is 6. The predicted molar refractivity (Wildman–Crippen MR) is 103 cm³/mol. The van der Waals surface area contributed by atoms with E-state index in [1.165, 1.54) is 24.8 Å². The van der Waals surface area contributed by atoms with Crippen LogP contribution in [0.3, 0.4) is 0 Å². The van der Waals surface area contributed by atoms with E-state index in [9.17, 15) is 4.79 Å². The molecule has 0 spiro atoms. The van der Waals surface area contributed by atoms with Gasteiger partial charge in [-0.3, -0.25) is 4.79 Å². The van der Waals surface area contributed by atoms with Gasteiger partial charge in [0, 0.05) is 19.5 Å². The van der Waals surface area contributed by atoms with E-state index in [4.69, 9.17) is 0 Å². The maximum atomic E-state index is 11.6. The van der Waals surface area contributed by atoms with Crippen molar-refractivity contribution >= 4 is 17.4 Å². The number of nitrogens with one attached hydrogen (secondary N) is 1. The largest absolute Gasteiger partial charge is 0.357 e. The number of carbonyl (C=O) groups is 1. The van der Waals surface area contributed by atoms with Gasteiger partial charge < -0.3 is 10.2 Å². The third-order valence-corrected chi connectivity index (χ3v) is 4.81. The molecule has 2 aromatic rings. The molecule has 2 heterocycles. The fraction of sp³-hybridized carbons (Fsp3) is 0.429. The van der Waals surface area contributed by atoms with Crippen molar-refractivity contribution in [2.75, 3.05) is 23.3 Å². The average Bonchev–Trinajstić information content (AvgIpc) is 2.64. The molecule has 1 aliphatic heterocycles. The molecule has 1 saturated heterocycles. The molecule has 1 N–H and O–H groups in total. The molecule has 0 saturated carbocycles. The molecular formula is C21H27N3O. The van der Waals surface area contributed by atoms with Gasteiger partial charge in [-0.1, -0.05) is 37.3 Å². The number of hydrogen-bond donors (Lipinski definition) is 1. The highest BCUT2D eigenvalue weighted by atomic mass is 16.1. The summed E-state index contributed by atoms with van der Waals surface area (Å²) in [5, 5.41) is 2.89. The third kappa shape index (κ3) is 5.05. The van der Waals surface area contributed by atoms with Crippen molar-refractivity contribution in [1.29, 1.82) is 0 Å². The summed E-state index contributed by atoms with van der Waals surface area (Å²) in [5.74, 6) is 1.82. The Morgan fingerprint density at radius 3 is 2.56 bits per heavy atom. The molecule has 0 aliphatic carbocycles. The van der Waals surface area contributed by atoms with Crippen molar-refractivity contribution in [2.24, 2.45) is 5.92 Å². The molecule has 4 nitrogen and oxygen atoms in total. The second kappa shape index (κ2) is 8.65. The number of amides is 1. The lowest BCUT2D eigenvalue weighted by Crippen LogP contribution is -2.34. The lowest BCUT2D eigenvalue weighted by molar-refractivity contribution is -0.116. The molecule has 1 amide bonds. The summed E-state index contributed by atoms with van der Waals surface area (Å²) in [4.78, 5) is 18.5. The fourth-order valence-corrected chi connectivity index (χ4v) is 3.41. The van der Waals surface area contributed by atoms with Gasteiger partial charge in [0.25, 0.3) is 0 Å². The van der Waals surface area contributed by atoms with Crippen molar-refractivity contribution in [1.82, 2.24) is 4.98 Å². The quantitative estimate of drug-likeness (QED) is 0.856. The molecule has 0 atom stereocenters. The number of hydrogen-bond acceptors (Lipinski definition) is 3. The van der Waals surface area contributed by atoms with E-state index < -0.39 is 0 Å². The van der Waals surface area contributed by atoms with Crippen LogP contribution in [0.5, 0.6) is 0 Å². The Labute approximate surface area is 150 Å². The van der Waals surface area contributed by atoms with Crippen molar-refractivity contribution in [3.05, 3.63) is 54.2 Å². The van der Waals surface area contributed by atoms with Crippen LogP contribution in [0, 0.1) is 5.92 Å². The number of piperidine rings is 1. The molecule has 0 bridgehead atoms. The number of benzene rings is 1. The Morgan fingerprint density at radius 1 is 1.16 bits per heavy atom. The monoisotopic (exact) mass is 337 g/mol. The van der Waals surface area contributed by atoms with E-state index in [-0.39, 0.29) is 5.91 Å². The third-order valence-electron chi connectivity index (χ3n) is 4.81. The Kier molecular flexibility index (Phi) is 6.04. The topological polar surface area (TPSA) is 45.2 Å². The fourth-order valence-electron chi connectivity index (χ4n) is 3.41. The molecule has 0 radical (unpaired) electrons. The summed E-state index contributed by atoms with van der Waals surface area (Å²) in [5.41, 5.74) is 2.22. The number of anilines is 2. The highest BCUT2D eigenvalue weighted by Crippen LogP contribution is 2.25. The smallest absolute Gasteiger partial charge is 0.224 e. The van der Waals surface area contributed by atoms with Crippen LogP contribution < -0.4 is 10.2 Å². The van der Waals surface area contributed by atoms with Crippen molar-refractivity contribution in [3.63, 3.8) is 0 Å². The lowest BCUT2D eigenvalue weighted by atomic mass is 9.90. The molecular weight excluding hydrogens is 310 g/mol. The van der Waals surface area contributed by atoms with E-state index in [0.717, 1.165) is 36.9 Å². The van der Waals surface area contributed by atoms with Gasteiger partial charge in [-0.05, 0) is 49.3 Å². The minimum absolute atomic E-state index is 0.0544. The van der Waals surface area contributed by atoms with Crippen molar-refractivity contribution in [3.8, 4) is 0 Å². The first-order valence-corrected chi connectivity index (χ1v) is 9.29. The zero-order valence-corrected chi connectivity index (χ0v) is 14.9. The van der Waals surface area contributed by atoms with Gasteiger partial charge >= 0.3 is 0 Å². The SMILES string of the molecule is CCCC(=O)Nc1ccc(N2CCC(Cc3ccccc3)CC2)nc1. The summed E-state index contributed by atoms with van der Waals surface area (Å²) in [6.45, 7) is 4.10. The van der Waals surface area contributed by atoms with Gasteiger partial charge in [0.05, 0.1) is 11.9 Å². The molecule has 1 aliphatic rings. The molecule has 25 heavy (non-hydrogen) atoms. The minimum atomic E-state index is 0.0544. The van der Waals surface area contributed by atoms with Gasteiger partial charge in [0.2, 0.25) is 5.91 Å². The van der Waals surface area contributed by atoms with Gasteiger partial charge in [-0.25, -0.2) is 4.98 Å². The predicted octanol–water partition coefficient (Wildman–Crippen LogP) is 4.28. The van der Waals surface area contributed by atoms with Crippen molar-refractivity contribution in [2.45, 2.75) is 39.0 Å². The first-order valence-electron chi connectivity index (χ1n) is 9.29. The molecule has 4 heteroatoms. The second-order valence-corrected chi connectivity index (χ2v) is 6.82. The summed E-state index contributed by atoms with van der Waals surface area (Å²) in [7, 11) is 0. The Morgan fingerprint density at radius 2 is 1.92 bits per heavy atom. The zero-order chi connectivity index (χ0) is 17.5. The Bertz CT molecular complexity index is 661. The number of nitrogens with zero attached hydrogens (tertiary/aromatic N) is 2. The Hall–Kier alpha value is -2.36. The molecule has 3 rings (SSSR count). The first kappa shape index (κ1) is 17.5. The minimum Gasteiger partial charge on any atom is -0.357 e. The van der Waals surface area contributed by atoms with Crippen LogP contribution in [0.15, 0.2) is 48.7 Å². The van der Waals surface area contributed by atoms with Gasteiger partial charge in [0.1, 0.15) is 5.82 Å². The van der Waals surface area contributed by atoms with Gasteiger partial charge in [-0.2, -0.15) is 0 Å². The van der Waals surface area contributed by atoms with E-state index in [0.29, 0.717) is 6.42 Å². The van der Waals surface area contributed by atoms with Gasteiger partial charge in [0.15, 0.2) is 0 Å². The van der Waals surface area contributed by atoms with Crippen LogP contribution in [0.2, 0.25) is 0 Å². The summed E-state index contributed by atoms with van der Waals surface area (Å²) in [6.07, 6.45) is 6.74. The van der Waals surface area contributed by atoms with Crippen LogP contribution in [-0.4, -0.2) is 24.0 Å². The summed E-state index contributed by atoms with van der Waals surface area (Å²) < 4.78 is 0. The van der Waals surface area contributed by atoms with E-state index in [2.05, 4.69) is 45.5 Å². The van der Waals surface area contributed by atoms with Crippen LogP contribution >= 0.6 is 0 Å². The number of aromatic nitrogens is 1. The normalized spacial score (nSPS) is 15.2. The average molecular weight is 337 g/mol. The van der Waals surface area contributed by atoms with E-state index >= 15 is 0 Å². The second-order valence-electron chi connectivity index (χ2n) is 6.82. The highest BCUT2D eigenvalue weighted by molar-refractivity contribution is 5.90. The van der Waals surface area contributed by atoms with E-state index in [1.54, 1.807) is 6.20 Å². The van der Waals surface area contributed by atoms with Crippen LogP contribution in [0.1, 0.15) is 38.2 Å². The Balaban J connectivity index is 1.50. The summed E-state index contributed by atoms with van der Waals surface area (Å²) in [6, 6.07) is 14.7. The molecule has 1 fully saturated rings. The molecule has 0 unspecified atom stereocenters. The van der Waals surface area contributed by atoms with Crippen LogP contribution in [0.25, 0.3) is 0 Å². The lowest BCUT2D eigenvalue weighted by Gasteiger charge is -2.33. The molecule has 1 aromatic carbocycles. The maximum absolute atomic E-state index is 11.6.